The van der Waals surface area contributed by atoms with Gasteiger partial charge in [0, 0.05) is 6.54 Å². The van der Waals surface area contributed by atoms with Crippen LogP contribution in [0.4, 0.5) is 0 Å². The molecular formula is C16H12N2O3S2. The molecule has 0 saturated carbocycles. The molecule has 0 fully saturated rings. The minimum absolute atomic E-state index is 0.102. The summed E-state index contributed by atoms with van der Waals surface area (Å²) in [4.78, 5) is 12.0. The summed E-state index contributed by atoms with van der Waals surface area (Å²) in [6.07, 6.45) is 0. The Bertz CT molecular complexity index is 1060. The smallest absolute Gasteiger partial charge is 0.298 e. The van der Waals surface area contributed by atoms with Gasteiger partial charge < -0.3 is 0 Å². The SMILES string of the molecule is N#Cc1ccc(S(=O)(=O)CCn2c(=O)sc3ccccc32)cc1. The monoisotopic (exact) mass is 344 g/mol. The van der Waals surface area contributed by atoms with Crippen LogP contribution in [0.3, 0.4) is 0 Å². The molecule has 3 aromatic rings. The Balaban J connectivity index is 1.87. The molecule has 0 amide bonds. The van der Waals surface area contributed by atoms with Gasteiger partial charge in [-0.1, -0.05) is 23.5 Å². The van der Waals surface area contributed by atoms with Gasteiger partial charge in [-0.25, -0.2) is 8.42 Å². The summed E-state index contributed by atoms with van der Waals surface area (Å²) in [6, 6.07) is 15.0. The highest BCUT2D eigenvalue weighted by molar-refractivity contribution is 7.91. The molecule has 23 heavy (non-hydrogen) atoms. The van der Waals surface area contributed by atoms with Crippen LogP contribution in [0, 0.1) is 11.3 Å². The van der Waals surface area contributed by atoms with Gasteiger partial charge >= 0.3 is 4.87 Å². The average Bonchev–Trinajstić information content (AvgIpc) is 2.88. The topological polar surface area (TPSA) is 79.9 Å². The van der Waals surface area contributed by atoms with E-state index in [9.17, 15) is 13.2 Å². The van der Waals surface area contributed by atoms with Crippen LogP contribution in [0.1, 0.15) is 5.56 Å². The van der Waals surface area contributed by atoms with Gasteiger partial charge in [-0.2, -0.15) is 5.26 Å². The van der Waals surface area contributed by atoms with E-state index in [2.05, 4.69) is 0 Å². The van der Waals surface area contributed by atoms with Gasteiger partial charge in [0.2, 0.25) is 0 Å². The Morgan fingerprint density at radius 3 is 2.48 bits per heavy atom. The van der Waals surface area contributed by atoms with Crippen LogP contribution in [0.5, 0.6) is 0 Å². The first-order chi connectivity index (χ1) is 11.0. The third kappa shape index (κ3) is 3.04. The Kier molecular flexibility index (Phi) is 4.03. The number of thiazole rings is 1. The molecule has 116 valence electrons. The van der Waals surface area contributed by atoms with Crippen LogP contribution in [0.15, 0.2) is 58.2 Å². The molecule has 0 bridgehead atoms. The zero-order valence-corrected chi connectivity index (χ0v) is 13.6. The number of para-hydroxylation sites is 1. The Morgan fingerprint density at radius 2 is 1.78 bits per heavy atom. The van der Waals surface area contributed by atoms with E-state index in [1.54, 1.807) is 0 Å². The van der Waals surface area contributed by atoms with Crippen LogP contribution in [-0.4, -0.2) is 18.7 Å². The highest BCUT2D eigenvalue weighted by Crippen LogP contribution is 2.18. The minimum Gasteiger partial charge on any atom is -0.298 e. The largest absolute Gasteiger partial charge is 0.308 e. The van der Waals surface area contributed by atoms with Crippen molar-refractivity contribution in [2.45, 2.75) is 11.4 Å². The van der Waals surface area contributed by atoms with Crippen molar-refractivity contribution >= 4 is 31.4 Å². The van der Waals surface area contributed by atoms with Gasteiger partial charge in [0.25, 0.3) is 0 Å². The Hall–Kier alpha value is -2.43. The molecular weight excluding hydrogens is 332 g/mol. The van der Waals surface area contributed by atoms with Gasteiger partial charge in [-0.3, -0.25) is 9.36 Å². The maximum atomic E-state index is 12.4. The number of aryl methyl sites for hydroxylation is 1. The number of hydrogen-bond acceptors (Lipinski definition) is 5. The van der Waals surface area contributed by atoms with E-state index in [0.29, 0.717) is 5.56 Å². The molecule has 0 atom stereocenters. The second-order valence-electron chi connectivity index (χ2n) is 4.94. The highest BCUT2D eigenvalue weighted by atomic mass is 32.2. The van der Waals surface area contributed by atoms with Crippen molar-refractivity contribution in [3.05, 3.63) is 63.8 Å². The molecule has 7 heteroatoms. The number of rotatable bonds is 4. The first kappa shape index (κ1) is 15.5. The molecule has 5 nitrogen and oxygen atoms in total. The lowest BCUT2D eigenvalue weighted by molar-refractivity contribution is 0.589. The van der Waals surface area contributed by atoms with Crippen molar-refractivity contribution in [1.29, 1.82) is 5.26 Å². The molecule has 0 aliphatic carbocycles. The predicted octanol–water partition coefficient (Wildman–Crippen LogP) is 2.41. The average molecular weight is 344 g/mol. The summed E-state index contributed by atoms with van der Waals surface area (Å²) in [5.41, 5.74) is 1.15. The number of benzene rings is 2. The van der Waals surface area contributed by atoms with E-state index >= 15 is 0 Å². The first-order valence-corrected chi connectivity index (χ1v) is 9.29. The third-order valence-electron chi connectivity index (χ3n) is 3.50. The predicted molar refractivity (Wildman–Crippen MR) is 89.3 cm³/mol. The molecule has 1 aromatic heterocycles. The fraction of sp³-hybridized carbons (Fsp3) is 0.125. The maximum Gasteiger partial charge on any atom is 0.308 e. The second-order valence-corrected chi connectivity index (χ2v) is 8.04. The number of aromatic nitrogens is 1. The van der Waals surface area contributed by atoms with Crippen molar-refractivity contribution in [3.8, 4) is 6.07 Å². The van der Waals surface area contributed by atoms with Crippen LogP contribution in [-0.2, 0) is 16.4 Å². The van der Waals surface area contributed by atoms with Crippen molar-refractivity contribution in [2.24, 2.45) is 0 Å². The zero-order chi connectivity index (χ0) is 16.4. The molecule has 0 saturated heterocycles. The number of hydrogen-bond donors (Lipinski definition) is 0. The van der Waals surface area contributed by atoms with Gasteiger partial charge in [-0.05, 0) is 36.4 Å². The second kappa shape index (κ2) is 5.99. The lowest BCUT2D eigenvalue weighted by Gasteiger charge is -2.06. The Morgan fingerprint density at radius 1 is 1.09 bits per heavy atom. The zero-order valence-electron chi connectivity index (χ0n) is 12.0. The molecule has 0 aliphatic heterocycles. The summed E-state index contributed by atoms with van der Waals surface area (Å²) in [6.45, 7) is 0.102. The van der Waals surface area contributed by atoms with Crippen molar-refractivity contribution in [2.75, 3.05) is 5.75 Å². The normalized spacial score (nSPS) is 11.4. The number of nitriles is 1. The number of fused-ring (bicyclic) bond motifs is 1. The summed E-state index contributed by atoms with van der Waals surface area (Å²) in [5.74, 6) is -0.167. The quantitative estimate of drug-likeness (QED) is 0.728. The summed E-state index contributed by atoms with van der Waals surface area (Å²) >= 11 is 1.11. The van der Waals surface area contributed by atoms with Crippen molar-refractivity contribution in [1.82, 2.24) is 4.57 Å². The number of sulfone groups is 1. The van der Waals surface area contributed by atoms with Crippen LogP contribution in [0.2, 0.25) is 0 Å². The van der Waals surface area contributed by atoms with Crippen LogP contribution in [0.25, 0.3) is 10.2 Å². The lowest BCUT2D eigenvalue weighted by Crippen LogP contribution is -2.19. The molecule has 2 aromatic carbocycles. The fourth-order valence-corrected chi connectivity index (χ4v) is 4.42. The van der Waals surface area contributed by atoms with Crippen molar-refractivity contribution in [3.63, 3.8) is 0 Å². The van der Waals surface area contributed by atoms with Crippen molar-refractivity contribution < 1.29 is 8.42 Å². The molecule has 3 rings (SSSR count). The lowest BCUT2D eigenvalue weighted by atomic mass is 10.2. The molecule has 1 heterocycles. The summed E-state index contributed by atoms with van der Waals surface area (Å²) in [7, 11) is -3.51. The number of nitrogens with zero attached hydrogens (tertiary/aromatic N) is 2. The standard InChI is InChI=1S/C16H12N2O3S2/c17-11-12-5-7-13(8-6-12)23(20,21)10-9-18-14-3-1-2-4-15(14)22-16(18)19/h1-8H,9-10H2. The summed E-state index contributed by atoms with van der Waals surface area (Å²) < 4.78 is 27.1. The van der Waals surface area contributed by atoms with Gasteiger partial charge in [0.15, 0.2) is 9.84 Å². The van der Waals surface area contributed by atoms with E-state index < -0.39 is 9.84 Å². The third-order valence-corrected chi connectivity index (χ3v) is 6.17. The summed E-state index contributed by atoms with van der Waals surface area (Å²) in [5, 5.41) is 8.75. The molecule has 0 spiro atoms. The van der Waals surface area contributed by atoms with Crippen LogP contribution >= 0.6 is 11.3 Å². The van der Waals surface area contributed by atoms with E-state index in [1.807, 2.05) is 30.3 Å². The fourth-order valence-electron chi connectivity index (χ4n) is 2.29. The molecule has 0 aliphatic rings. The Labute approximate surface area is 137 Å². The van der Waals surface area contributed by atoms with Gasteiger partial charge in [0.05, 0.1) is 32.5 Å². The molecule has 0 radical (unpaired) electrons. The maximum absolute atomic E-state index is 12.4. The van der Waals surface area contributed by atoms with E-state index in [4.69, 9.17) is 5.26 Å². The van der Waals surface area contributed by atoms with Gasteiger partial charge in [-0.15, -0.1) is 0 Å². The molecule has 0 N–H and O–H groups in total. The van der Waals surface area contributed by atoms with Gasteiger partial charge in [0.1, 0.15) is 0 Å². The first-order valence-electron chi connectivity index (χ1n) is 6.82. The van der Waals surface area contributed by atoms with E-state index in [1.165, 1.54) is 28.8 Å². The minimum atomic E-state index is -3.51. The van der Waals surface area contributed by atoms with Crippen LogP contribution < -0.4 is 4.87 Å². The highest BCUT2D eigenvalue weighted by Gasteiger charge is 2.16. The van der Waals surface area contributed by atoms with E-state index in [-0.39, 0.29) is 22.1 Å². The van der Waals surface area contributed by atoms with E-state index in [0.717, 1.165) is 21.6 Å². The molecule has 0 unspecified atom stereocenters.